The third-order valence-electron chi connectivity index (χ3n) is 2.95. The van der Waals surface area contributed by atoms with Gasteiger partial charge in [-0.05, 0) is 12.5 Å². The Balaban J connectivity index is 2.95. The molecule has 3 N–H and O–H groups in total. The average molecular weight is 314 g/mol. The van der Waals surface area contributed by atoms with Gasteiger partial charge in [0.05, 0.1) is 15.9 Å². The maximum absolute atomic E-state index is 12.3. The van der Waals surface area contributed by atoms with Crippen LogP contribution in [0.1, 0.15) is 13.3 Å². The monoisotopic (exact) mass is 314 g/mol. The standard InChI is InChI=1S/C12H15FN4O5/c1-7(4-8(14)6-13)12(18)15-10-3-2-9(16(19)20)5-11(10)17(21)22/h2-3,5,7-8H,4,6,14H2,1H3,(H,15,18)/t7?,8-/m0/s1. The van der Waals surface area contributed by atoms with Gasteiger partial charge >= 0.3 is 0 Å². The molecule has 1 aromatic carbocycles. The molecule has 0 saturated carbocycles. The molecule has 0 fully saturated rings. The zero-order valence-electron chi connectivity index (χ0n) is 11.7. The van der Waals surface area contributed by atoms with E-state index in [1.54, 1.807) is 0 Å². The molecule has 1 amide bonds. The molecule has 9 nitrogen and oxygen atoms in total. The van der Waals surface area contributed by atoms with Crippen molar-refractivity contribution in [2.45, 2.75) is 19.4 Å². The van der Waals surface area contributed by atoms with E-state index in [0.717, 1.165) is 18.2 Å². The Labute approximate surface area is 124 Å². The predicted molar refractivity (Wildman–Crippen MR) is 76.1 cm³/mol. The van der Waals surface area contributed by atoms with Gasteiger partial charge in [0.1, 0.15) is 12.4 Å². The van der Waals surface area contributed by atoms with Crippen molar-refractivity contribution in [1.29, 1.82) is 0 Å². The van der Waals surface area contributed by atoms with E-state index in [-0.39, 0.29) is 12.1 Å². The number of non-ortho nitro benzene ring substituents is 1. The number of carbonyl (C=O) groups is 1. The summed E-state index contributed by atoms with van der Waals surface area (Å²) in [4.78, 5) is 31.9. The Morgan fingerprint density at radius 2 is 2.00 bits per heavy atom. The molecule has 0 radical (unpaired) electrons. The number of nitro groups is 2. The largest absolute Gasteiger partial charge is 0.325 e. The fraction of sp³-hybridized carbons (Fsp3) is 0.417. The van der Waals surface area contributed by atoms with Crippen molar-refractivity contribution in [3.05, 3.63) is 38.4 Å². The number of benzene rings is 1. The van der Waals surface area contributed by atoms with Crippen molar-refractivity contribution >= 4 is 23.0 Å². The lowest BCUT2D eigenvalue weighted by Gasteiger charge is -2.14. The Bertz CT molecular complexity index is 595. The van der Waals surface area contributed by atoms with E-state index in [1.165, 1.54) is 6.92 Å². The number of nitro benzene ring substituents is 2. The highest BCUT2D eigenvalue weighted by Crippen LogP contribution is 2.29. The molecule has 2 atom stereocenters. The van der Waals surface area contributed by atoms with Crippen molar-refractivity contribution in [1.82, 2.24) is 0 Å². The zero-order chi connectivity index (χ0) is 16.9. The molecule has 1 unspecified atom stereocenters. The van der Waals surface area contributed by atoms with Crippen LogP contribution in [0.3, 0.4) is 0 Å². The maximum Gasteiger partial charge on any atom is 0.299 e. The SMILES string of the molecule is CC(C[C@H](N)CF)C(=O)Nc1ccc([N+](=O)[O-])cc1[N+](=O)[O-]. The maximum atomic E-state index is 12.3. The second-order valence-corrected chi connectivity index (χ2v) is 4.76. The number of hydrogen-bond acceptors (Lipinski definition) is 6. The lowest BCUT2D eigenvalue weighted by molar-refractivity contribution is -0.393. The second kappa shape index (κ2) is 7.41. The molecule has 0 aliphatic heterocycles. The minimum Gasteiger partial charge on any atom is -0.325 e. The Kier molecular flexibility index (Phi) is 5.87. The van der Waals surface area contributed by atoms with E-state index >= 15 is 0 Å². The van der Waals surface area contributed by atoms with Crippen molar-refractivity contribution < 1.29 is 19.0 Å². The molecule has 0 bridgehead atoms. The topological polar surface area (TPSA) is 141 Å². The van der Waals surface area contributed by atoms with E-state index in [9.17, 15) is 29.4 Å². The highest BCUT2D eigenvalue weighted by Gasteiger charge is 2.23. The summed E-state index contributed by atoms with van der Waals surface area (Å²) >= 11 is 0. The number of halogens is 1. The van der Waals surface area contributed by atoms with Gasteiger partial charge in [0, 0.05) is 18.0 Å². The smallest absolute Gasteiger partial charge is 0.299 e. The first kappa shape index (κ1) is 17.4. The average Bonchev–Trinajstić information content (AvgIpc) is 2.46. The van der Waals surface area contributed by atoms with Crippen molar-refractivity contribution in [2.24, 2.45) is 11.7 Å². The number of carbonyl (C=O) groups excluding carboxylic acids is 1. The van der Waals surface area contributed by atoms with Crippen LogP contribution >= 0.6 is 0 Å². The number of rotatable bonds is 7. The molecule has 0 heterocycles. The summed E-state index contributed by atoms with van der Waals surface area (Å²) in [6.45, 7) is 0.720. The third-order valence-corrected chi connectivity index (χ3v) is 2.95. The molecule has 0 saturated heterocycles. The summed E-state index contributed by atoms with van der Waals surface area (Å²) < 4.78 is 12.3. The lowest BCUT2D eigenvalue weighted by Crippen LogP contribution is -2.30. The molecule has 0 aliphatic carbocycles. The summed E-state index contributed by atoms with van der Waals surface area (Å²) in [5.41, 5.74) is 4.18. The van der Waals surface area contributed by atoms with Crippen LogP contribution in [0.2, 0.25) is 0 Å². The number of nitrogens with one attached hydrogen (secondary N) is 1. The van der Waals surface area contributed by atoms with Crippen molar-refractivity contribution in [2.75, 3.05) is 12.0 Å². The molecular weight excluding hydrogens is 299 g/mol. The van der Waals surface area contributed by atoms with Crippen LogP contribution in [0.4, 0.5) is 21.5 Å². The van der Waals surface area contributed by atoms with Gasteiger partial charge in [-0.1, -0.05) is 6.92 Å². The Morgan fingerprint density at radius 3 is 2.50 bits per heavy atom. The third kappa shape index (κ3) is 4.45. The van der Waals surface area contributed by atoms with E-state index in [4.69, 9.17) is 5.73 Å². The van der Waals surface area contributed by atoms with Gasteiger partial charge in [-0.3, -0.25) is 25.0 Å². The van der Waals surface area contributed by atoms with Crippen LogP contribution in [0.15, 0.2) is 18.2 Å². The molecule has 120 valence electrons. The molecule has 1 rings (SSSR count). The van der Waals surface area contributed by atoms with Crippen LogP contribution in [0, 0.1) is 26.1 Å². The summed E-state index contributed by atoms with van der Waals surface area (Å²) in [6, 6.07) is 2.08. The van der Waals surface area contributed by atoms with E-state index in [2.05, 4.69) is 5.32 Å². The number of anilines is 1. The van der Waals surface area contributed by atoms with Crippen LogP contribution < -0.4 is 11.1 Å². The number of nitrogens with zero attached hydrogens (tertiary/aromatic N) is 2. The normalized spacial score (nSPS) is 13.2. The Morgan fingerprint density at radius 1 is 1.36 bits per heavy atom. The van der Waals surface area contributed by atoms with Gasteiger partial charge in [-0.15, -0.1) is 0 Å². The van der Waals surface area contributed by atoms with Crippen LogP contribution in [0.25, 0.3) is 0 Å². The second-order valence-electron chi connectivity index (χ2n) is 4.76. The summed E-state index contributed by atoms with van der Waals surface area (Å²) in [6.07, 6.45) is 0.0725. The first-order valence-electron chi connectivity index (χ1n) is 6.31. The van der Waals surface area contributed by atoms with Crippen LogP contribution in [-0.2, 0) is 4.79 Å². The molecule has 22 heavy (non-hydrogen) atoms. The molecular formula is C12H15FN4O5. The highest BCUT2D eigenvalue weighted by atomic mass is 19.1. The molecule has 0 spiro atoms. The number of alkyl halides is 1. The number of nitrogens with two attached hydrogens (primary N) is 1. The van der Waals surface area contributed by atoms with Gasteiger partial charge in [-0.2, -0.15) is 0 Å². The molecule has 0 aromatic heterocycles. The fourth-order valence-electron chi connectivity index (χ4n) is 1.77. The van der Waals surface area contributed by atoms with E-state index in [1.807, 2.05) is 0 Å². The van der Waals surface area contributed by atoms with Gasteiger partial charge in [0.2, 0.25) is 5.91 Å². The van der Waals surface area contributed by atoms with Crippen LogP contribution in [-0.4, -0.2) is 28.5 Å². The first-order valence-corrected chi connectivity index (χ1v) is 6.31. The Hall–Kier alpha value is -2.62. The van der Waals surface area contributed by atoms with Gasteiger partial charge in [0.25, 0.3) is 11.4 Å². The number of hydrogen-bond donors (Lipinski definition) is 2. The quantitative estimate of drug-likeness (QED) is 0.580. The van der Waals surface area contributed by atoms with Crippen molar-refractivity contribution in [3.8, 4) is 0 Å². The lowest BCUT2D eigenvalue weighted by atomic mass is 10.0. The van der Waals surface area contributed by atoms with Gasteiger partial charge in [-0.25, -0.2) is 4.39 Å². The first-order chi connectivity index (χ1) is 10.3. The molecule has 0 aliphatic rings. The summed E-state index contributed by atoms with van der Waals surface area (Å²) in [7, 11) is 0. The minimum absolute atomic E-state index is 0.0725. The zero-order valence-corrected chi connectivity index (χ0v) is 11.7. The van der Waals surface area contributed by atoms with Gasteiger partial charge in [0.15, 0.2) is 0 Å². The van der Waals surface area contributed by atoms with Crippen LogP contribution in [0.5, 0.6) is 0 Å². The predicted octanol–water partition coefficient (Wildman–Crippen LogP) is 1.76. The van der Waals surface area contributed by atoms with Gasteiger partial charge < -0.3 is 11.1 Å². The van der Waals surface area contributed by atoms with E-state index < -0.39 is 45.8 Å². The number of amides is 1. The summed E-state index contributed by atoms with van der Waals surface area (Å²) in [5, 5.41) is 23.9. The van der Waals surface area contributed by atoms with E-state index in [0.29, 0.717) is 0 Å². The van der Waals surface area contributed by atoms with Crippen molar-refractivity contribution in [3.63, 3.8) is 0 Å². The fourth-order valence-corrected chi connectivity index (χ4v) is 1.77. The molecule has 10 heteroatoms. The summed E-state index contributed by atoms with van der Waals surface area (Å²) in [5.74, 6) is -1.25. The minimum atomic E-state index is -0.833. The highest BCUT2D eigenvalue weighted by molar-refractivity contribution is 5.94. The molecule has 1 aromatic rings.